The second-order valence-corrected chi connectivity index (χ2v) is 5.22. The van der Waals surface area contributed by atoms with Crippen LogP contribution in [0.25, 0.3) is 10.9 Å². The van der Waals surface area contributed by atoms with Gasteiger partial charge < -0.3 is 14.6 Å². The summed E-state index contributed by atoms with van der Waals surface area (Å²) in [6.45, 7) is 1.57. The number of carbonyl (C=O) groups is 2. The summed E-state index contributed by atoms with van der Waals surface area (Å²) in [5.41, 5.74) is 0.231. The zero-order chi connectivity index (χ0) is 16.3. The number of pyridine rings is 1. The molecule has 0 fully saturated rings. The van der Waals surface area contributed by atoms with Crippen LogP contribution in [-0.2, 0) is 9.53 Å². The quantitative estimate of drug-likeness (QED) is 0.871. The number of ether oxygens (including phenoxy) is 1. The molecule has 0 radical (unpaired) electrons. The van der Waals surface area contributed by atoms with E-state index >= 15 is 0 Å². The number of benzene rings is 1. The highest BCUT2D eigenvalue weighted by atomic mass is 35.5. The van der Waals surface area contributed by atoms with Crippen molar-refractivity contribution in [3.63, 3.8) is 0 Å². The number of nitrogens with zero attached hydrogens (tertiary/aromatic N) is 1. The predicted molar refractivity (Wildman–Crippen MR) is 83.2 cm³/mol. The number of amides is 1. The highest BCUT2D eigenvalue weighted by Gasteiger charge is 2.17. The van der Waals surface area contributed by atoms with Crippen LogP contribution < -0.4 is 5.43 Å². The standard InChI is InChI=1S/C15H15ClN2O4/c1-9(19)22-6-5-18(2)15(21)12-8-17-13-4-3-10(16)7-11(13)14(12)20/h3-4,7-8H,5-6H2,1-2H3,(H,17,20). The number of fused-ring (bicyclic) bond motifs is 1. The third kappa shape index (κ3) is 3.46. The lowest BCUT2D eigenvalue weighted by molar-refractivity contribution is -0.141. The molecule has 0 saturated carbocycles. The van der Waals surface area contributed by atoms with Crippen LogP contribution in [0.3, 0.4) is 0 Å². The molecule has 1 amide bonds. The Labute approximate surface area is 131 Å². The summed E-state index contributed by atoms with van der Waals surface area (Å²) in [5.74, 6) is -0.866. The van der Waals surface area contributed by atoms with Crippen LogP contribution in [0.1, 0.15) is 17.3 Å². The molecule has 0 aliphatic heterocycles. The van der Waals surface area contributed by atoms with Crippen LogP contribution in [0.2, 0.25) is 5.02 Å². The van der Waals surface area contributed by atoms with E-state index in [0.29, 0.717) is 15.9 Å². The highest BCUT2D eigenvalue weighted by Crippen LogP contribution is 2.15. The second kappa shape index (κ2) is 6.62. The lowest BCUT2D eigenvalue weighted by Crippen LogP contribution is -2.33. The molecule has 1 N–H and O–H groups in total. The fourth-order valence-electron chi connectivity index (χ4n) is 1.98. The Balaban J connectivity index is 2.26. The lowest BCUT2D eigenvalue weighted by atomic mass is 10.1. The maximum atomic E-state index is 12.4. The van der Waals surface area contributed by atoms with Gasteiger partial charge in [-0.05, 0) is 18.2 Å². The number of aromatic nitrogens is 1. The van der Waals surface area contributed by atoms with Gasteiger partial charge in [-0.15, -0.1) is 0 Å². The zero-order valence-corrected chi connectivity index (χ0v) is 12.9. The van der Waals surface area contributed by atoms with Gasteiger partial charge in [0.2, 0.25) is 5.43 Å². The van der Waals surface area contributed by atoms with Crippen molar-refractivity contribution >= 4 is 34.4 Å². The number of carbonyl (C=O) groups excluding carboxylic acids is 2. The van der Waals surface area contributed by atoms with Crippen molar-refractivity contribution in [2.24, 2.45) is 0 Å². The average Bonchev–Trinajstić information content (AvgIpc) is 2.47. The summed E-state index contributed by atoms with van der Waals surface area (Å²) < 4.78 is 4.78. The van der Waals surface area contributed by atoms with Crippen molar-refractivity contribution < 1.29 is 14.3 Å². The van der Waals surface area contributed by atoms with E-state index < -0.39 is 11.9 Å². The minimum Gasteiger partial charge on any atom is -0.464 e. The number of nitrogens with one attached hydrogen (secondary N) is 1. The molecule has 1 aromatic heterocycles. The minimum absolute atomic E-state index is 0.0140. The summed E-state index contributed by atoms with van der Waals surface area (Å²) in [7, 11) is 1.54. The van der Waals surface area contributed by atoms with Crippen molar-refractivity contribution in [3.05, 3.63) is 45.2 Å². The topological polar surface area (TPSA) is 79.5 Å². The number of rotatable bonds is 4. The Morgan fingerprint density at radius 2 is 2.09 bits per heavy atom. The van der Waals surface area contributed by atoms with Gasteiger partial charge in [0, 0.05) is 36.1 Å². The molecule has 0 aliphatic rings. The van der Waals surface area contributed by atoms with Crippen molar-refractivity contribution in [2.45, 2.75) is 6.92 Å². The van der Waals surface area contributed by atoms with E-state index in [1.807, 2.05) is 0 Å². The Morgan fingerprint density at radius 1 is 1.36 bits per heavy atom. The van der Waals surface area contributed by atoms with Gasteiger partial charge in [0.15, 0.2) is 0 Å². The van der Waals surface area contributed by atoms with E-state index in [9.17, 15) is 14.4 Å². The van der Waals surface area contributed by atoms with Gasteiger partial charge in [-0.3, -0.25) is 14.4 Å². The number of halogens is 1. The van der Waals surface area contributed by atoms with E-state index in [4.69, 9.17) is 16.3 Å². The molecule has 2 rings (SSSR count). The molecule has 22 heavy (non-hydrogen) atoms. The van der Waals surface area contributed by atoms with E-state index in [-0.39, 0.29) is 24.1 Å². The van der Waals surface area contributed by atoms with Gasteiger partial charge in [-0.1, -0.05) is 11.6 Å². The maximum Gasteiger partial charge on any atom is 0.302 e. The predicted octanol–water partition coefficient (Wildman–Crippen LogP) is 1.82. The number of aromatic amines is 1. The van der Waals surface area contributed by atoms with E-state index in [1.165, 1.54) is 31.1 Å². The van der Waals surface area contributed by atoms with E-state index in [0.717, 1.165) is 0 Å². The lowest BCUT2D eigenvalue weighted by Gasteiger charge is -2.16. The number of esters is 1. The molecule has 1 heterocycles. The summed E-state index contributed by atoms with van der Waals surface area (Å²) in [6, 6.07) is 4.86. The first-order chi connectivity index (χ1) is 10.4. The van der Waals surface area contributed by atoms with Crippen molar-refractivity contribution in [2.75, 3.05) is 20.2 Å². The zero-order valence-electron chi connectivity index (χ0n) is 12.2. The smallest absolute Gasteiger partial charge is 0.302 e. The maximum absolute atomic E-state index is 12.4. The molecular formula is C15H15ClN2O4. The molecule has 0 unspecified atom stereocenters. The SMILES string of the molecule is CC(=O)OCCN(C)C(=O)c1c[nH]c2ccc(Cl)cc2c1=O. The molecule has 7 heteroatoms. The molecule has 116 valence electrons. The Morgan fingerprint density at radius 3 is 2.77 bits per heavy atom. The van der Waals surface area contributed by atoms with Crippen LogP contribution in [0.4, 0.5) is 0 Å². The third-order valence-electron chi connectivity index (χ3n) is 3.15. The van der Waals surface area contributed by atoms with Crippen LogP contribution >= 0.6 is 11.6 Å². The van der Waals surface area contributed by atoms with Crippen molar-refractivity contribution in [1.82, 2.24) is 9.88 Å². The van der Waals surface area contributed by atoms with E-state index in [2.05, 4.69) is 4.98 Å². The Hall–Kier alpha value is -2.34. The normalized spacial score (nSPS) is 10.5. The molecule has 2 aromatic rings. The molecule has 0 aliphatic carbocycles. The summed E-state index contributed by atoms with van der Waals surface area (Å²) in [5, 5.41) is 0.776. The first-order valence-corrected chi connectivity index (χ1v) is 6.97. The first kappa shape index (κ1) is 16.0. The molecule has 1 aromatic carbocycles. The molecule has 6 nitrogen and oxygen atoms in total. The number of H-pyrrole nitrogens is 1. The van der Waals surface area contributed by atoms with Gasteiger partial charge in [0.25, 0.3) is 5.91 Å². The van der Waals surface area contributed by atoms with Gasteiger partial charge >= 0.3 is 5.97 Å². The molecule has 0 spiro atoms. The van der Waals surface area contributed by atoms with Crippen LogP contribution in [0, 0.1) is 0 Å². The van der Waals surface area contributed by atoms with Crippen LogP contribution in [0.15, 0.2) is 29.2 Å². The Bertz CT molecular complexity index is 785. The van der Waals surface area contributed by atoms with E-state index in [1.54, 1.807) is 12.1 Å². The average molecular weight is 323 g/mol. The molecule has 0 atom stereocenters. The third-order valence-corrected chi connectivity index (χ3v) is 3.39. The monoisotopic (exact) mass is 322 g/mol. The van der Waals surface area contributed by atoms with Crippen molar-refractivity contribution in [3.8, 4) is 0 Å². The molecule has 0 bridgehead atoms. The van der Waals surface area contributed by atoms with Gasteiger partial charge in [-0.25, -0.2) is 0 Å². The largest absolute Gasteiger partial charge is 0.464 e. The highest BCUT2D eigenvalue weighted by molar-refractivity contribution is 6.31. The van der Waals surface area contributed by atoms with Gasteiger partial charge in [-0.2, -0.15) is 0 Å². The number of likely N-dealkylation sites (N-methyl/N-ethyl adjacent to an activating group) is 1. The number of hydrogen-bond acceptors (Lipinski definition) is 4. The number of hydrogen-bond donors (Lipinski definition) is 1. The van der Waals surface area contributed by atoms with Crippen LogP contribution in [-0.4, -0.2) is 42.0 Å². The summed E-state index contributed by atoms with van der Waals surface area (Å²) in [6.07, 6.45) is 1.38. The minimum atomic E-state index is -0.449. The fraction of sp³-hybridized carbons (Fsp3) is 0.267. The van der Waals surface area contributed by atoms with Gasteiger partial charge in [0.1, 0.15) is 12.2 Å². The summed E-state index contributed by atoms with van der Waals surface area (Å²) in [4.78, 5) is 39.6. The Kier molecular flexibility index (Phi) is 4.82. The van der Waals surface area contributed by atoms with Crippen molar-refractivity contribution in [1.29, 1.82) is 0 Å². The van der Waals surface area contributed by atoms with Gasteiger partial charge in [0.05, 0.1) is 6.54 Å². The summed E-state index contributed by atoms with van der Waals surface area (Å²) >= 11 is 5.89. The second-order valence-electron chi connectivity index (χ2n) is 4.79. The molecular weight excluding hydrogens is 308 g/mol. The molecule has 0 saturated heterocycles. The fourth-order valence-corrected chi connectivity index (χ4v) is 2.16. The van der Waals surface area contributed by atoms with Crippen LogP contribution in [0.5, 0.6) is 0 Å². The first-order valence-electron chi connectivity index (χ1n) is 6.60.